The molecule has 2 fully saturated rings. The van der Waals surface area contributed by atoms with Crippen LogP contribution in [0, 0.1) is 5.92 Å². The third-order valence-corrected chi connectivity index (χ3v) is 5.39. The Morgan fingerprint density at radius 2 is 1.67 bits per heavy atom. The van der Waals surface area contributed by atoms with E-state index in [0.29, 0.717) is 18.9 Å². The Balaban J connectivity index is 0.00000264. The van der Waals surface area contributed by atoms with E-state index < -0.39 is 0 Å². The van der Waals surface area contributed by atoms with Crippen molar-refractivity contribution in [2.45, 2.75) is 51.5 Å². The average molecular weight is 383 g/mol. The summed E-state index contributed by atoms with van der Waals surface area (Å²) in [7, 11) is 0. The summed E-state index contributed by atoms with van der Waals surface area (Å²) in [5, 5.41) is 3.19. The molecule has 5 nitrogen and oxygen atoms in total. The van der Waals surface area contributed by atoms with Gasteiger partial charge in [-0.3, -0.25) is 4.79 Å². The highest BCUT2D eigenvalue weighted by atomic mass is 35.5. The second-order valence-electron chi connectivity index (χ2n) is 6.83. The molecule has 7 heteroatoms. The molecule has 144 valence electrons. The molecule has 1 amide bonds. The van der Waals surface area contributed by atoms with Crippen LogP contribution < -0.4 is 11.1 Å². The van der Waals surface area contributed by atoms with Crippen LogP contribution in [0.4, 0.5) is 0 Å². The van der Waals surface area contributed by atoms with E-state index in [1.165, 1.54) is 32.1 Å². The Morgan fingerprint density at radius 3 is 2.21 bits per heavy atom. The van der Waals surface area contributed by atoms with Crippen LogP contribution in [0.2, 0.25) is 0 Å². The molecule has 1 saturated heterocycles. The molecule has 2 aliphatic rings. The van der Waals surface area contributed by atoms with E-state index in [9.17, 15) is 4.79 Å². The van der Waals surface area contributed by atoms with Gasteiger partial charge in [0.25, 0.3) is 0 Å². The summed E-state index contributed by atoms with van der Waals surface area (Å²) in [6.07, 6.45) is 6.97. The topological polar surface area (TPSA) is 61.6 Å². The molecule has 24 heavy (non-hydrogen) atoms. The minimum Gasteiger partial charge on any atom is -0.352 e. The van der Waals surface area contributed by atoms with Gasteiger partial charge in [0.2, 0.25) is 5.91 Å². The Bertz CT molecular complexity index is 333. The van der Waals surface area contributed by atoms with Crippen molar-refractivity contribution in [3.63, 3.8) is 0 Å². The molecule has 1 aliphatic heterocycles. The number of likely N-dealkylation sites (N-methyl/N-ethyl adjacent to an activating group) is 1. The predicted molar refractivity (Wildman–Crippen MR) is 105 cm³/mol. The smallest absolute Gasteiger partial charge is 0.221 e. The van der Waals surface area contributed by atoms with Crippen molar-refractivity contribution in [1.82, 2.24) is 15.1 Å². The van der Waals surface area contributed by atoms with Gasteiger partial charge in [0.15, 0.2) is 0 Å². The van der Waals surface area contributed by atoms with E-state index >= 15 is 0 Å². The zero-order valence-electron chi connectivity index (χ0n) is 15.0. The zero-order chi connectivity index (χ0) is 15.8. The Kier molecular flexibility index (Phi) is 13.1. The predicted octanol–water partition coefficient (Wildman–Crippen LogP) is 1.88. The fraction of sp³-hybridized carbons (Fsp3) is 0.941. The molecule has 2 rings (SSSR count). The molecule has 1 unspecified atom stereocenters. The molecule has 3 N–H and O–H groups in total. The van der Waals surface area contributed by atoms with Crippen LogP contribution in [-0.2, 0) is 4.79 Å². The van der Waals surface area contributed by atoms with Gasteiger partial charge >= 0.3 is 0 Å². The van der Waals surface area contributed by atoms with Gasteiger partial charge in [0.05, 0.1) is 0 Å². The molecule has 1 aliphatic carbocycles. The van der Waals surface area contributed by atoms with Crippen LogP contribution in [-0.4, -0.2) is 67.6 Å². The van der Waals surface area contributed by atoms with Gasteiger partial charge in [0, 0.05) is 51.7 Å². The van der Waals surface area contributed by atoms with Gasteiger partial charge in [-0.1, -0.05) is 26.2 Å². The first-order valence-electron chi connectivity index (χ1n) is 9.17. The number of nitrogens with two attached hydrogens (primary N) is 1. The van der Waals surface area contributed by atoms with E-state index in [2.05, 4.69) is 22.0 Å². The lowest BCUT2D eigenvalue weighted by molar-refractivity contribution is -0.122. The quantitative estimate of drug-likeness (QED) is 0.705. The highest BCUT2D eigenvalue weighted by Crippen LogP contribution is 2.26. The van der Waals surface area contributed by atoms with Gasteiger partial charge < -0.3 is 20.9 Å². The highest BCUT2D eigenvalue weighted by Gasteiger charge is 2.24. The van der Waals surface area contributed by atoms with E-state index in [1.807, 2.05) is 0 Å². The van der Waals surface area contributed by atoms with E-state index in [0.717, 1.165) is 39.3 Å². The van der Waals surface area contributed by atoms with Crippen molar-refractivity contribution in [2.75, 3.05) is 45.8 Å². The van der Waals surface area contributed by atoms with Crippen LogP contribution in [0.1, 0.15) is 45.4 Å². The number of amides is 1. The second-order valence-corrected chi connectivity index (χ2v) is 6.83. The number of hydrogen-bond donors (Lipinski definition) is 2. The van der Waals surface area contributed by atoms with Gasteiger partial charge in [-0.05, 0) is 25.3 Å². The first kappa shape index (κ1) is 23.9. The molecule has 1 saturated carbocycles. The van der Waals surface area contributed by atoms with E-state index in [-0.39, 0.29) is 36.8 Å². The second kappa shape index (κ2) is 13.2. The zero-order valence-corrected chi connectivity index (χ0v) is 16.7. The van der Waals surface area contributed by atoms with E-state index in [1.54, 1.807) is 0 Å². The molecule has 0 radical (unpaired) electrons. The molecule has 1 atom stereocenters. The Morgan fingerprint density at radius 1 is 1.08 bits per heavy atom. The largest absolute Gasteiger partial charge is 0.352 e. The minimum atomic E-state index is 0. The third kappa shape index (κ3) is 7.87. The summed E-state index contributed by atoms with van der Waals surface area (Å²) in [5.74, 6) is 0.773. The average Bonchev–Trinajstić information content (AvgIpc) is 2.59. The molecule has 0 aromatic rings. The fourth-order valence-corrected chi connectivity index (χ4v) is 3.77. The van der Waals surface area contributed by atoms with Crippen molar-refractivity contribution in [2.24, 2.45) is 11.7 Å². The summed E-state index contributed by atoms with van der Waals surface area (Å²) in [6, 6.07) is 0.185. The Labute approximate surface area is 159 Å². The van der Waals surface area contributed by atoms with Crippen LogP contribution in [0.3, 0.4) is 0 Å². The minimum absolute atomic E-state index is 0. The maximum absolute atomic E-state index is 12.2. The molecular formula is C17H36Cl2N4O. The molecule has 0 spiro atoms. The maximum Gasteiger partial charge on any atom is 0.221 e. The number of hydrogen-bond acceptors (Lipinski definition) is 4. The van der Waals surface area contributed by atoms with Crippen LogP contribution in [0.15, 0.2) is 0 Å². The number of nitrogens with one attached hydrogen (secondary N) is 1. The van der Waals surface area contributed by atoms with Gasteiger partial charge in [-0.2, -0.15) is 0 Å². The van der Waals surface area contributed by atoms with Gasteiger partial charge in [-0.25, -0.2) is 0 Å². The molecule has 0 aromatic carbocycles. The highest BCUT2D eigenvalue weighted by molar-refractivity contribution is 5.85. The van der Waals surface area contributed by atoms with Crippen LogP contribution >= 0.6 is 24.8 Å². The first-order valence-corrected chi connectivity index (χ1v) is 9.17. The lowest BCUT2D eigenvalue weighted by atomic mass is 9.84. The SMILES string of the molecule is CCN1CCN(CCC(=O)NC(CN)C2CCCCC2)CC1.Cl.Cl. The summed E-state index contributed by atoms with van der Waals surface area (Å²) < 4.78 is 0. The summed E-state index contributed by atoms with van der Waals surface area (Å²) in [5.41, 5.74) is 5.89. The van der Waals surface area contributed by atoms with Crippen molar-refractivity contribution < 1.29 is 4.79 Å². The lowest BCUT2D eigenvalue weighted by Gasteiger charge is -2.34. The number of rotatable bonds is 7. The van der Waals surface area contributed by atoms with Crippen molar-refractivity contribution >= 4 is 30.7 Å². The summed E-state index contributed by atoms with van der Waals surface area (Å²) >= 11 is 0. The monoisotopic (exact) mass is 382 g/mol. The van der Waals surface area contributed by atoms with Crippen molar-refractivity contribution in [1.29, 1.82) is 0 Å². The Hall–Kier alpha value is -0.0700. The standard InChI is InChI=1S/C17H34N4O.2ClH/c1-2-20-10-12-21(13-11-20)9-8-17(22)19-16(14-18)15-6-4-3-5-7-15;;/h15-16H,2-14,18H2,1H3,(H,19,22);2*1H. The molecule has 0 aromatic heterocycles. The number of carbonyl (C=O) groups is 1. The fourth-order valence-electron chi connectivity index (χ4n) is 3.77. The van der Waals surface area contributed by atoms with Gasteiger partial charge in [0.1, 0.15) is 0 Å². The van der Waals surface area contributed by atoms with Crippen LogP contribution in [0.5, 0.6) is 0 Å². The third-order valence-electron chi connectivity index (χ3n) is 5.39. The van der Waals surface area contributed by atoms with Gasteiger partial charge in [-0.15, -0.1) is 24.8 Å². The number of nitrogens with zero attached hydrogens (tertiary/aromatic N) is 2. The molecule has 1 heterocycles. The van der Waals surface area contributed by atoms with E-state index in [4.69, 9.17) is 5.73 Å². The number of carbonyl (C=O) groups excluding carboxylic acids is 1. The number of halogens is 2. The normalized spacial score (nSPS) is 21.4. The molecule has 0 bridgehead atoms. The van der Waals surface area contributed by atoms with Crippen molar-refractivity contribution in [3.05, 3.63) is 0 Å². The first-order chi connectivity index (χ1) is 10.7. The number of piperazine rings is 1. The summed E-state index contributed by atoms with van der Waals surface area (Å²) in [6.45, 7) is 9.23. The maximum atomic E-state index is 12.2. The molecular weight excluding hydrogens is 347 g/mol. The van der Waals surface area contributed by atoms with Crippen molar-refractivity contribution in [3.8, 4) is 0 Å². The van der Waals surface area contributed by atoms with Crippen LogP contribution in [0.25, 0.3) is 0 Å². The summed E-state index contributed by atoms with van der Waals surface area (Å²) in [4.78, 5) is 17.1. The lowest BCUT2D eigenvalue weighted by Crippen LogP contribution is -2.49.